The molecule has 1 unspecified atom stereocenters. The molecule has 0 saturated carbocycles. The molecule has 1 aromatic carbocycles. The van der Waals surface area contributed by atoms with E-state index < -0.39 is 12.1 Å². The molecule has 1 atom stereocenters. The monoisotopic (exact) mass is 206 g/mol. The molecular formula is C12H14O3. The Balaban J connectivity index is 2.47. The van der Waals surface area contributed by atoms with Gasteiger partial charge in [0.05, 0.1) is 13.2 Å². The maximum atomic E-state index is 10.7. The number of ether oxygens (including phenoxy) is 1. The summed E-state index contributed by atoms with van der Waals surface area (Å²) < 4.78 is 4.43. The first-order valence-electron chi connectivity index (χ1n) is 4.71. The Morgan fingerprint density at radius 3 is 2.73 bits per heavy atom. The standard InChI is InChI=1S/C12H14O3/c1-15-12(14)9-5-8-11(13)10-6-3-2-4-7-10/h2-7,9,11,13H,8H2,1H3/b9-5-. The minimum atomic E-state index is -0.577. The van der Waals surface area contributed by atoms with Crippen LogP contribution < -0.4 is 0 Å². The fourth-order valence-electron chi connectivity index (χ4n) is 1.17. The number of aliphatic hydroxyl groups is 1. The van der Waals surface area contributed by atoms with Crippen LogP contribution in [-0.2, 0) is 9.53 Å². The van der Waals surface area contributed by atoms with Gasteiger partial charge in [0.2, 0.25) is 0 Å². The lowest BCUT2D eigenvalue weighted by Gasteiger charge is -2.07. The first kappa shape index (κ1) is 11.5. The van der Waals surface area contributed by atoms with Crippen molar-refractivity contribution >= 4 is 5.97 Å². The molecule has 80 valence electrons. The van der Waals surface area contributed by atoms with Crippen molar-refractivity contribution in [1.29, 1.82) is 0 Å². The van der Waals surface area contributed by atoms with E-state index in [0.29, 0.717) is 6.42 Å². The summed E-state index contributed by atoms with van der Waals surface area (Å²) in [6.45, 7) is 0. The second-order valence-electron chi connectivity index (χ2n) is 3.09. The van der Waals surface area contributed by atoms with Crippen LogP contribution in [0.2, 0.25) is 0 Å². The zero-order valence-corrected chi connectivity index (χ0v) is 8.59. The van der Waals surface area contributed by atoms with Crippen LogP contribution >= 0.6 is 0 Å². The first-order chi connectivity index (χ1) is 7.24. The van der Waals surface area contributed by atoms with E-state index in [1.165, 1.54) is 13.2 Å². The third-order valence-electron chi connectivity index (χ3n) is 2.00. The molecule has 0 heterocycles. The zero-order valence-electron chi connectivity index (χ0n) is 8.59. The van der Waals surface area contributed by atoms with E-state index in [9.17, 15) is 9.90 Å². The number of carbonyl (C=O) groups excluding carboxylic acids is 1. The zero-order chi connectivity index (χ0) is 11.1. The number of hydrogen-bond donors (Lipinski definition) is 1. The number of esters is 1. The van der Waals surface area contributed by atoms with Gasteiger partial charge in [-0.25, -0.2) is 4.79 Å². The molecule has 1 rings (SSSR count). The minimum absolute atomic E-state index is 0.402. The second-order valence-corrected chi connectivity index (χ2v) is 3.09. The third kappa shape index (κ3) is 3.95. The van der Waals surface area contributed by atoms with Gasteiger partial charge in [-0.15, -0.1) is 0 Å². The molecule has 0 saturated heterocycles. The van der Waals surface area contributed by atoms with Gasteiger partial charge in [-0.1, -0.05) is 36.4 Å². The fraction of sp³-hybridized carbons (Fsp3) is 0.250. The van der Waals surface area contributed by atoms with Gasteiger partial charge in [-0.2, -0.15) is 0 Å². The van der Waals surface area contributed by atoms with Crippen LogP contribution in [0.4, 0.5) is 0 Å². The lowest BCUT2D eigenvalue weighted by molar-refractivity contribution is -0.134. The van der Waals surface area contributed by atoms with Crippen LogP contribution in [-0.4, -0.2) is 18.2 Å². The Bertz CT molecular complexity index is 330. The van der Waals surface area contributed by atoms with Crippen LogP contribution in [0.3, 0.4) is 0 Å². The molecule has 0 aromatic heterocycles. The van der Waals surface area contributed by atoms with Gasteiger partial charge in [-0.3, -0.25) is 0 Å². The largest absolute Gasteiger partial charge is 0.466 e. The van der Waals surface area contributed by atoms with Gasteiger partial charge in [0.25, 0.3) is 0 Å². The summed E-state index contributed by atoms with van der Waals surface area (Å²) in [7, 11) is 1.32. The van der Waals surface area contributed by atoms with Crippen molar-refractivity contribution in [2.45, 2.75) is 12.5 Å². The molecule has 0 fully saturated rings. The topological polar surface area (TPSA) is 46.5 Å². The number of rotatable bonds is 4. The van der Waals surface area contributed by atoms with Crippen LogP contribution in [0.25, 0.3) is 0 Å². The molecular weight excluding hydrogens is 192 g/mol. The highest BCUT2D eigenvalue weighted by atomic mass is 16.5. The van der Waals surface area contributed by atoms with Crippen molar-refractivity contribution in [3.63, 3.8) is 0 Å². The van der Waals surface area contributed by atoms with Gasteiger partial charge in [-0.05, 0) is 12.0 Å². The third-order valence-corrected chi connectivity index (χ3v) is 2.00. The summed E-state index contributed by atoms with van der Waals surface area (Å²) in [4.78, 5) is 10.7. The maximum absolute atomic E-state index is 10.7. The molecule has 0 spiro atoms. The number of carbonyl (C=O) groups is 1. The Labute approximate surface area is 89.0 Å². The summed E-state index contributed by atoms with van der Waals surface area (Å²) in [5, 5.41) is 9.70. The van der Waals surface area contributed by atoms with E-state index in [1.807, 2.05) is 30.3 Å². The fourth-order valence-corrected chi connectivity index (χ4v) is 1.17. The predicted molar refractivity (Wildman–Crippen MR) is 57.2 cm³/mol. The second kappa shape index (κ2) is 5.98. The number of hydrogen-bond acceptors (Lipinski definition) is 3. The Morgan fingerprint density at radius 2 is 2.13 bits per heavy atom. The molecule has 3 nitrogen and oxygen atoms in total. The van der Waals surface area contributed by atoms with E-state index >= 15 is 0 Å². The van der Waals surface area contributed by atoms with Crippen LogP contribution in [0.5, 0.6) is 0 Å². The van der Waals surface area contributed by atoms with Crippen molar-refractivity contribution in [3.05, 3.63) is 48.0 Å². The van der Waals surface area contributed by atoms with Gasteiger partial charge >= 0.3 is 5.97 Å². The highest BCUT2D eigenvalue weighted by molar-refractivity contribution is 5.81. The average Bonchev–Trinajstić information content (AvgIpc) is 2.29. The minimum Gasteiger partial charge on any atom is -0.466 e. The van der Waals surface area contributed by atoms with Crippen LogP contribution in [0.1, 0.15) is 18.1 Å². The van der Waals surface area contributed by atoms with E-state index in [4.69, 9.17) is 0 Å². The molecule has 0 aliphatic carbocycles. The van der Waals surface area contributed by atoms with Crippen LogP contribution in [0.15, 0.2) is 42.5 Å². The summed E-state index contributed by atoms with van der Waals surface area (Å²) >= 11 is 0. The molecule has 15 heavy (non-hydrogen) atoms. The van der Waals surface area contributed by atoms with Crippen molar-refractivity contribution in [2.75, 3.05) is 7.11 Å². The molecule has 0 radical (unpaired) electrons. The lowest BCUT2D eigenvalue weighted by atomic mass is 10.1. The SMILES string of the molecule is COC(=O)/C=C\CC(O)c1ccccc1. The molecule has 0 aliphatic rings. The molecule has 1 N–H and O–H groups in total. The van der Waals surface area contributed by atoms with E-state index in [-0.39, 0.29) is 0 Å². The molecule has 0 aliphatic heterocycles. The van der Waals surface area contributed by atoms with Gasteiger partial charge in [0.1, 0.15) is 0 Å². The normalized spacial score (nSPS) is 12.7. The Kier molecular flexibility index (Phi) is 4.57. The van der Waals surface area contributed by atoms with Gasteiger partial charge in [0, 0.05) is 6.08 Å². The van der Waals surface area contributed by atoms with Crippen molar-refractivity contribution < 1.29 is 14.6 Å². The Morgan fingerprint density at radius 1 is 1.47 bits per heavy atom. The van der Waals surface area contributed by atoms with Crippen molar-refractivity contribution in [3.8, 4) is 0 Å². The quantitative estimate of drug-likeness (QED) is 0.604. The van der Waals surface area contributed by atoms with Gasteiger partial charge < -0.3 is 9.84 Å². The highest BCUT2D eigenvalue weighted by Crippen LogP contribution is 2.15. The predicted octanol–water partition coefficient (Wildman–Crippen LogP) is 1.84. The van der Waals surface area contributed by atoms with Crippen molar-refractivity contribution in [1.82, 2.24) is 0 Å². The molecule has 1 aromatic rings. The number of aliphatic hydroxyl groups excluding tert-OH is 1. The summed E-state index contributed by atoms with van der Waals surface area (Å²) in [5.41, 5.74) is 0.840. The van der Waals surface area contributed by atoms with Crippen molar-refractivity contribution in [2.24, 2.45) is 0 Å². The first-order valence-corrected chi connectivity index (χ1v) is 4.71. The van der Waals surface area contributed by atoms with Gasteiger partial charge in [0.15, 0.2) is 0 Å². The number of methoxy groups -OCH3 is 1. The number of benzene rings is 1. The van der Waals surface area contributed by atoms with Crippen LogP contribution in [0, 0.1) is 0 Å². The average molecular weight is 206 g/mol. The molecule has 3 heteroatoms. The lowest BCUT2D eigenvalue weighted by Crippen LogP contribution is -1.97. The smallest absolute Gasteiger partial charge is 0.330 e. The summed E-state index contributed by atoms with van der Waals surface area (Å²) in [5.74, 6) is -0.407. The summed E-state index contributed by atoms with van der Waals surface area (Å²) in [6, 6.07) is 9.30. The molecule has 0 bridgehead atoms. The van der Waals surface area contributed by atoms with E-state index in [2.05, 4.69) is 4.74 Å². The maximum Gasteiger partial charge on any atom is 0.330 e. The summed E-state index contributed by atoms with van der Waals surface area (Å²) in [6.07, 6.45) is 2.74. The van der Waals surface area contributed by atoms with E-state index in [1.54, 1.807) is 6.08 Å². The Hall–Kier alpha value is -1.61. The van der Waals surface area contributed by atoms with E-state index in [0.717, 1.165) is 5.56 Å². The highest BCUT2D eigenvalue weighted by Gasteiger charge is 2.03. The molecule has 0 amide bonds.